The van der Waals surface area contributed by atoms with E-state index in [-0.39, 0.29) is 5.41 Å². The number of nitrogens with one attached hydrogen (secondary N) is 1. The third-order valence-electron chi connectivity index (χ3n) is 5.57. The Morgan fingerprint density at radius 3 is 1.92 bits per heavy atom. The number of rotatable bonds is 2. The van der Waals surface area contributed by atoms with E-state index in [0.717, 1.165) is 38.9 Å². The fraction of sp³-hybridized carbons (Fsp3) is 0.647. The number of aliphatic hydroxyl groups is 1. The third kappa shape index (κ3) is 3.15. The molecule has 26 heavy (non-hydrogen) atoms. The fourth-order valence-corrected chi connectivity index (χ4v) is 3.92. The van der Waals surface area contributed by atoms with E-state index >= 15 is 0 Å². The Balaban J connectivity index is 1.82. The molecule has 2 heterocycles. The van der Waals surface area contributed by atoms with Crippen LogP contribution in [-0.2, 0) is 5.60 Å². The van der Waals surface area contributed by atoms with Gasteiger partial charge in [-0.1, -0.05) is 12.1 Å². The van der Waals surface area contributed by atoms with Gasteiger partial charge >= 0.3 is 12.4 Å². The van der Waals surface area contributed by atoms with Crippen LogP contribution >= 0.6 is 0 Å². The number of anilines is 1. The first-order valence-electron chi connectivity index (χ1n) is 8.41. The van der Waals surface area contributed by atoms with Crippen LogP contribution in [0, 0.1) is 5.41 Å². The van der Waals surface area contributed by atoms with Gasteiger partial charge in [-0.05, 0) is 49.9 Å². The van der Waals surface area contributed by atoms with Crippen LogP contribution in [0.2, 0.25) is 0 Å². The fourth-order valence-electron chi connectivity index (χ4n) is 3.92. The van der Waals surface area contributed by atoms with Crippen molar-refractivity contribution in [2.75, 3.05) is 31.1 Å². The summed E-state index contributed by atoms with van der Waals surface area (Å²) in [5.41, 5.74) is -5.38. The molecule has 3 nitrogen and oxygen atoms in total. The zero-order valence-corrected chi connectivity index (χ0v) is 13.9. The lowest BCUT2D eigenvalue weighted by atomic mass is 9.78. The standard InChI is InChI=1S/C17H20F6N2O/c18-16(19,20)15(26,17(21,22)23)12-1-3-13(4-2-12)25-10-7-14(11-25)5-8-24-9-6-14/h1-4,24,26H,5-11H2. The molecule has 0 saturated carbocycles. The number of hydrogen-bond acceptors (Lipinski definition) is 3. The first-order chi connectivity index (χ1) is 12.0. The van der Waals surface area contributed by atoms with Crippen molar-refractivity contribution >= 4 is 5.69 Å². The zero-order chi connectivity index (χ0) is 19.2. The predicted octanol–water partition coefficient (Wildman–Crippen LogP) is 3.58. The number of alkyl halides is 6. The largest absolute Gasteiger partial charge is 0.430 e. The lowest BCUT2D eigenvalue weighted by molar-refractivity contribution is -0.376. The van der Waals surface area contributed by atoms with Gasteiger partial charge in [-0.15, -0.1) is 0 Å². The van der Waals surface area contributed by atoms with E-state index in [1.54, 1.807) is 0 Å². The highest BCUT2D eigenvalue weighted by atomic mass is 19.4. The SMILES string of the molecule is OC(c1ccc(N2CCC3(CCNCC3)C2)cc1)(C(F)(F)F)C(F)(F)F. The van der Waals surface area contributed by atoms with Crippen molar-refractivity contribution in [3.05, 3.63) is 29.8 Å². The van der Waals surface area contributed by atoms with Crippen molar-refractivity contribution in [1.29, 1.82) is 0 Å². The van der Waals surface area contributed by atoms with Crippen LogP contribution < -0.4 is 10.2 Å². The lowest BCUT2D eigenvalue weighted by Crippen LogP contribution is -2.53. The molecule has 1 aromatic rings. The molecule has 146 valence electrons. The Morgan fingerprint density at radius 1 is 0.885 bits per heavy atom. The van der Waals surface area contributed by atoms with Crippen LogP contribution in [0.15, 0.2) is 24.3 Å². The Hall–Kier alpha value is -1.48. The number of nitrogens with zero attached hydrogens (tertiary/aromatic N) is 1. The molecule has 0 amide bonds. The van der Waals surface area contributed by atoms with E-state index in [9.17, 15) is 31.4 Å². The monoisotopic (exact) mass is 382 g/mol. The lowest BCUT2D eigenvalue weighted by Gasteiger charge is -2.34. The summed E-state index contributed by atoms with van der Waals surface area (Å²) in [6.07, 6.45) is -8.77. The average molecular weight is 382 g/mol. The van der Waals surface area contributed by atoms with Gasteiger partial charge in [-0.25, -0.2) is 0 Å². The molecule has 0 radical (unpaired) electrons. The van der Waals surface area contributed by atoms with Gasteiger partial charge in [0.15, 0.2) is 0 Å². The van der Waals surface area contributed by atoms with E-state index in [1.807, 2.05) is 4.90 Å². The molecule has 0 unspecified atom stereocenters. The minimum atomic E-state index is -5.86. The first kappa shape index (κ1) is 19.3. The smallest absolute Gasteiger partial charge is 0.371 e. The minimum Gasteiger partial charge on any atom is -0.371 e. The van der Waals surface area contributed by atoms with Crippen LogP contribution in [0.3, 0.4) is 0 Å². The second-order valence-corrected chi connectivity index (χ2v) is 7.17. The molecule has 0 aromatic heterocycles. The number of piperidine rings is 1. The summed E-state index contributed by atoms with van der Waals surface area (Å²) < 4.78 is 77.6. The van der Waals surface area contributed by atoms with Gasteiger partial charge in [0.05, 0.1) is 0 Å². The van der Waals surface area contributed by atoms with Crippen molar-refractivity contribution in [2.45, 2.75) is 37.2 Å². The summed E-state index contributed by atoms with van der Waals surface area (Å²) >= 11 is 0. The molecule has 2 fully saturated rings. The zero-order valence-electron chi connectivity index (χ0n) is 13.9. The number of halogens is 6. The van der Waals surface area contributed by atoms with Gasteiger partial charge in [0, 0.05) is 24.3 Å². The highest BCUT2D eigenvalue weighted by Gasteiger charge is 2.71. The normalized spacial score (nSPS) is 21.4. The topological polar surface area (TPSA) is 35.5 Å². The van der Waals surface area contributed by atoms with Crippen LogP contribution in [0.25, 0.3) is 0 Å². The second-order valence-electron chi connectivity index (χ2n) is 7.17. The highest BCUT2D eigenvalue weighted by Crippen LogP contribution is 2.50. The Labute approximate surface area is 147 Å². The van der Waals surface area contributed by atoms with Gasteiger partial charge in [-0.2, -0.15) is 26.3 Å². The molecule has 0 aliphatic carbocycles. The molecule has 3 rings (SSSR count). The molecule has 1 spiro atoms. The van der Waals surface area contributed by atoms with Crippen LogP contribution in [0.4, 0.5) is 32.0 Å². The molecular weight excluding hydrogens is 362 g/mol. The number of benzene rings is 1. The summed E-state index contributed by atoms with van der Waals surface area (Å²) in [6.45, 7) is 3.27. The summed E-state index contributed by atoms with van der Waals surface area (Å²) in [5, 5.41) is 12.7. The Morgan fingerprint density at radius 2 is 1.42 bits per heavy atom. The van der Waals surface area contributed by atoms with Gasteiger partial charge in [0.25, 0.3) is 5.60 Å². The van der Waals surface area contributed by atoms with Crippen LogP contribution in [0.5, 0.6) is 0 Å². The van der Waals surface area contributed by atoms with Gasteiger partial charge in [-0.3, -0.25) is 0 Å². The van der Waals surface area contributed by atoms with Crippen LogP contribution in [0.1, 0.15) is 24.8 Å². The van der Waals surface area contributed by atoms with Crippen molar-refractivity contribution in [3.63, 3.8) is 0 Å². The minimum absolute atomic E-state index is 0.155. The van der Waals surface area contributed by atoms with Crippen molar-refractivity contribution in [2.24, 2.45) is 5.41 Å². The molecular formula is C17H20F6N2O. The maximum absolute atomic E-state index is 12.9. The van der Waals surface area contributed by atoms with E-state index in [2.05, 4.69) is 5.32 Å². The summed E-state index contributed by atoms with van der Waals surface area (Å²) in [7, 11) is 0. The van der Waals surface area contributed by atoms with E-state index in [1.165, 1.54) is 12.1 Å². The second kappa shape index (κ2) is 6.30. The molecule has 9 heteroatoms. The molecule has 2 aliphatic heterocycles. The number of hydrogen-bond donors (Lipinski definition) is 2. The highest BCUT2D eigenvalue weighted by molar-refractivity contribution is 5.50. The van der Waals surface area contributed by atoms with E-state index in [4.69, 9.17) is 0 Å². The van der Waals surface area contributed by atoms with Crippen molar-refractivity contribution in [1.82, 2.24) is 5.32 Å². The third-order valence-corrected chi connectivity index (χ3v) is 5.57. The molecule has 2 aliphatic rings. The van der Waals surface area contributed by atoms with Gasteiger partial charge in [0.1, 0.15) is 0 Å². The predicted molar refractivity (Wildman–Crippen MR) is 83.8 cm³/mol. The maximum atomic E-state index is 12.9. The van der Waals surface area contributed by atoms with E-state index in [0.29, 0.717) is 24.4 Å². The average Bonchev–Trinajstić information content (AvgIpc) is 2.96. The molecule has 0 atom stereocenters. The van der Waals surface area contributed by atoms with Gasteiger partial charge in [0.2, 0.25) is 0 Å². The molecule has 0 bridgehead atoms. The molecule has 2 N–H and O–H groups in total. The summed E-state index contributed by atoms with van der Waals surface area (Å²) in [4.78, 5) is 1.98. The van der Waals surface area contributed by atoms with Crippen LogP contribution in [-0.4, -0.2) is 43.6 Å². The Kier molecular flexibility index (Phi) is 4.67. The van der Waals surface area contributed by atoms with Crippen molar-refractivity contribution in [3.8, 4) is 0 Å². The van der Waals surface area contributed by atoms with Crippen molar-refractivity contribution < 1.29 is 31.4 Å². The van der Waals surface area contributed by atoms with E-state index < -0.39 is 23.5 Å². The Bertz CT molecular complexity index is 620. The molecule has 2 saturated heterocycles. The summed E-state index contributed by atoms with van der Waals surface area (Å²) in [6, 6.07) is 3.86. The van der Waals surface area contributed by atoms with Gasteiger partial charge < -0.3 is 15.3 Å². The summed E-state index contributed by atoms with van der Waals surface area (Å²) in [5.74, 6) is 0. The molecule has 1 aromatic carbocycles. The first-order valence-corrected chi connectivity index (χ1v) is 8.41. The quantitative estimate of drug-likeness (QED) is 0.768. The maximum Gasteiger partial charge on any atom is 0.430 e.